The van der Waals surface area contributed by atoms with Crippen molar-refractivity contribution >= 4 is 5.91 Å². The van der Waals surface area contributed by atoms with E-state index >= 15 is 0 Å². The van der Waals surface area contributed by atoms with Crippen LogP contribution in [0.2, 0.25) is 0 Å². The summed E-state index contributed by atoms with van der Waals surface area (Å²) in [6.07, 6.45) is 4.07. The molecule has 0 aliphatic carbocycles. The van der Waals surface area contributed by atoms with Crippen molar-refractivity contribution in [3.63, 3.8) is 0 Å². The second-order valence-electron chi connectivity index (χ2n) is 7.06. The van der Waals surface area contributed by atoms with Crippen LogP contribution in [-0.2, 0) is 11.2 Å². The maximum Gasteiger partial charge on any atom is 0.249 e. The quantitative estimate of drug-likeness (QED) is 0.784. The molecule has 6 heteroatoms. The maximum absolute atomic E-state index is 12.9. The van der Waals surface area contributed by atoms with E-state index in [1.54, 1.807) is 7.11 Å². The van der Waals surface area contributed by atoms with Crippen molar-refractivity contribution in [3.8, 4) is 5.75 Å². The number of piperidine rings is 1. The Kier molecular flexibility index (Phi) is 5.91. The first kappa shape index (κ1) is 18.4. The molecule has 1 aliphatic rings. The van der Waals surface area contributed by atoms with Crippen molar-refractivity contribution in [2.24, 2.45) is 0 Å². The summed E-state index contributed by atoms with van der Waals surface area (Å²) < 4.78 is 10.9. The summed E-state index contributed by atoms with van der Waals surface area (Å²) in [6.45, 7) is 4.81. The van der Waals surface area contributed by atoms with Gasteiger partial charge in [-0.1, -0.05) is 37.2 Å². The fourth-order valence-corrected chi connectivity index (χ4v) is 3.40. The Hall–Kier alpha value is -2.37. The molecular formula is C20H27N3O3. The van der Waals surface area contributed by atoms with Gasteiger partial charge < -0.3 is 14.2 Å². The van der Waals surface area contributed by atoms with Gasteiger partial charge in [0.25, 0.3) is 0 Å². The van der Waals surface area contributed by atoms with E-state index in [-0.39, 0.29) is 17.9 Å². The number of para-hydroxylation sites is 1. The molecule has 0 N–H and O–H groups in total. The van der Waals surface area contributed by atoms with Gasteiger partial charge in [-0.15, -0.1) is 0 Å². The number of rotatable bonds is 6. The van der Waals surface area contributed by atoms with E-state index < -0.39 is 0 Å². The van der Waals surface area contributed by atoms with Crippen LogP contribution >= 0.6 is 0 Å². The van der Waals surface area contributed by atoms with Crippen molar-refractivity contribution in [1.82, 2.24) is 15.0 Å². The van der Waals surface area contributed by atoms with Crippen LogP contribution in [0.15, 0.2) is 28.8 Å². The first-order valence-electron chi connectivity index (χ1n) is 9.35. The molecule has 0 bridgehead atoms. The average molecular weight is 357 g/mol. The van der Waals surface area contributed by atoms with Crippen molar-refractivity contribution in [3.05, 3.63) is 41.5 Å². The van der Waals surface area contributed by atoms with Crippen LogP contribution in [0.5, 0.6) is 5.75 Å². The molecule has 140 valence electrons. The van der Waals surface area contributed by atoms with E-state index in [0.717, 1.165) is 37.1 Å². The number of aromatic nitrogens is 2. The highest BCUT2D eigenvalue weighted by atomic mass is 16.5. The number of carbonyl (C=O) groups is 1. The highest BCUT2D eigenvalue weighted by molar-refractivity contribution is 5.77. The number of ether oxygens (including phenoxy) is 1. The van der Waals surface area contributed by atoms with Crippen molar-refractivity contribution in [2.45, 2.75) is 57.9 Å². The monoisotopic (exact) mass is 357 g/mol. The molecule has 6 nitrogen and oxygen atoms in total. The zero-order valence-electron chi connectivity index (χ0n) is 15.8. The molecule has 1 aromatic heterocycles. The van der Waals surface area contributed by atoms with Gasteiger partial charge in [0.1, 0.15) is 11.8 Å². The van der Waals surface area contributed by atoms with Crippen LogP contribution < -0.4 is 4.74 Å². The molecule has 26 heavy (non-hydrogen) atoms. The van der Waals surface area contributed by atoms with E-state index in [2.05, 4.69) is 10.1 Å². The molecule has 0 radical (unpaired) electrons. The predicted molar refractivity (Wildman–Crippen MR) is 98.0 cm³/mol. The van der Waals surface area contributed by atoms with Gasteiger partial charge in [0, 0.05) is 18.9 Å². The Bertz CT molecular complexity index is 741. The Morgan fingerprint density at radius 1 is 1.35 bits per heavy atom. The number of hydrogen-bond acceptors (Lipinski definition) is 5. The summed E-state index contributed by atoms with van der Waals surface area (Å²) in [7, 11) is 1.66. The molecule has 1 saturated heterocycles. The lowest BCUT2D eigenvalue weighted by Crippen LogP contribution is -2.38. The van der Waals surface area contributed by atoms with Crippen LogP contribution in [0.25, 0.3) is 0 Å². The Morgan fingerprint density at radius 3 is 2.88 bits per heavy atom. The summed E-state index contributed by atoms with van der Waals surface area (Å²) in [4.78, 5) is 19.3. The van der Waals surface area contributed by atoms with Gasteiger partial charge >= 0.3 is 0 Å². The van der Waals surface area contributed by atoms with E-state index in [0.29, 0.717) is 24.6 Å². The van der Waals surface area contributed by atoms with E-state index in [4.69, 9.17) is 9.26 Å². The highest BCUT2D eigenvalue weighted by Crippen LogP contribution is 2.31. The standard InChI is InChI=1S/C20H27N3O3/c1-14(2)19-21-20(26-22-19)16-9-6-7-13-23(16)18(24)12-11-15-8-4-5-10-17(15)25-3/h4-5,8,10,14,16H,6-7,9,11-13H2,1-3H3/t16-/m0/s1. The number of methoxy groups -OCH3 is 1. The van der Waals surface area contributed by atoms with Crippen LogP contribution in [0.4, 0.5) is 0 Å². The number of likely N-dealkylation sites (tertiary alicyclic amines) is 1. The third-order valence-electron chi connectivity index (χ3n) is 4.88. The Balaban J connectivity index is 1.69. The van der Waals surface area contributed by atoms with Crippen LogP contribution in [0.3, 0.4) is 0 Å². The summed E-state index contributed by atoms with van der Waals surface area (Å²) in [5.41, 5.74) is 1.05. The van der Waals surface area contributed by atoms with E-state index in [1.165, 1.54) is 0 Å². The number of nitrogens with zero attached hydrogens (tertiary/aromatic N) is 3. The molecule has 3 rings (SSSR count). The van der Waals surface area contributed by atoms with Crippen molar-refractivity contribution < 1.29 is 14.1 Å². The fraction of sp³-hybridized carbons (Fsp3) is 0.550. The SMILES string of the molecule is COc1ccccc1CCC(=O)N1CCCC[C@H]1c1nc(C(C)C)no1. The van der Waals surface area contributed by atoms with Gasteiger partial charge in [-0.25, -0.2) is 0 Å². The maximum atomic E-state index is 12.9. The second-order valence-corrected chi connectivity index (χ2v) is 7.06. The molecular weight excluding hydrogens is 330 g/mol. The Morgan fingerprint density at radius 2 is 2.15 bits per heavy atom. The summed E-state index contributed by atoms with van der Waals surface area (Å²) in [5, 5.41) is 4.06. The van der Waals surface area contributed by atoms with Gasteiger partial charge in [0.15, 0.2) is 5.82 Å². The van der Waals surface area contributed by atoms with Gasteiger partial charge in [0.05, 0.1) is 7.11 Å². The van der Waals surface area contributed by atoms with Gasteiger partial charge in [-0.05, 0) is 37.3 Å². The lowest BCUT2D eigenvalue weighted by atomic mass is 10.0. The predicted octanol–water partition coefficient (Wildman–Crippen LogP) is 3.89. The third kappa shape index (κ3) is 4.06. The lowest BCUT2D eigenvalue weighted by molar-refractivity contribution is -0.135. The highest BCUT2D eigenvalue weighted by Gasteiger charge is 2.32. The zero-order valence-corrected chi connectivity index (χ0v) is 15.8. The number of benzene rings is 1. The van der Waals surface area contributed by atoms with Crippen LogP contribution in [-0.4, -0.2) is 34.6 Å². The number of carbonyl (C=O) groups excluding carboxylic acids is 1. The van der Waals surface area contributed by atoms with Gasteiger partial charge in [0.2, 0.25) is 11.8 Å². The first-order valence-corrected chi connectivity index (χ1v) is 9.35. The van der Waals surface area contributed by atoms with E-state index in [9.17, 15) is 4.79 Å². The van der Waals surface area contributed by atoms with Crippen LogP contribution in [0, 0.1) is 0 Å². The van der Waals surface area contributed by atoms with Crippen LogP contribution in [0.1, 0.15) is 68.8 Å². The topological polar surface area (TPSA) is 68.5 Å². The van der Waals surface area contributed by atoms with Crippen molar-refractivity contribution in [1.29, 1.82) is 0 Å². The molecule has 1 atom stereocenters. The molecule has 2 aromatic rings. The van der Waals surface area contributed by atoms with E-state index in [1.807, 2.05) is 43.0 Å². The molecule has 0 spiro atoms. The summed E-state index contributed by atoms with van der Waals surface area (Å²) in [5.74, 6) is 2.44. The van der Waals surface area contributed by atoms with Gasteiger partial charge in [-0.3, -0.25) is 4.79 Å². The number of hydrogen-bond donors (Lipinski definition) is 0. The largest absolute Gasteiger partial charge is 0.496 e. The molecule has 1 amide bonds. The zero-order chi connectivity index (χ0) is 18.5. The Labute approximate surface area is 154 Å². The normalized spacial score (nSPS) is 17.5. The van der Waals surface area contributed by atoms with Gasteiger partial charge in [-0.2, -0.15) is 4.98 Å². The third-order valence-corrected chi connectivity index (χ3v) is 4.88. The minimum Gasteiger partial charge on any atom is -0.496 e. The first-order chi connectivity index (χ1) is 12.6. The molecule has 1 fully saturated rings. The average Bonchev–Trinajstić information content (AvgIpc) is 3.16. The minimum atomic E-state index is -0.103. The molecule has 0 saturated carbocycles. The molecule has 1 aromatic carbocycles. The smallest absolute Gasteiger partial charge is 0.249 e. The lowest BCUT2D eigenvalue weighted by Gasteiger charge is -2.33. The summed E-state index contributed by atoms with van der Waals surface area (Å²) in [6, 6.07) is 7.74. The second kappa shape index (κ2) is 8.34. The fourth-order valence-electron chi connectivity index (χ4n) is 3.40. The minimum absolute atomic E-state index is 0.103. The molecule has 2 heterocycles. The van der Waals surface area contributed by atoms with Crippen molar-refractivity contribution in [2.75, 3.05) is 13.7 Å². The number of aryl methyl sites for hydroxylation is 1. The molecule has 0 unspecified atom stereocenters. The number of amides is 1. The summed E-state index contributed by atoms with van der Waals surface area (Å²) >= 11 is 0. The molecule has 1 aliphatic heterocycles.